The minimum atomic E-state index is -0.289. The fraction of sp³-hybridized carbons (Fsp3) is 0. The SMILES string of the molecule is N#Cc1sc2c(=O)c3ccc(Br)cc3c(=O)c=2sc1C#N. The molecule has 0 aromatic heterocycles. The third kappa shape index (κ3) is 2.07. The molecule has 1 aromatic rings. The van der Waals surface area contributed by atoms with Crippen LogP contribution < -0.4 is 10.9 Å². The molecule has 0 saturated heterocycles. The van der Waals surface area contributed by atoms with E-state index in [1.807, 2.05) is 12.1 Å². The molecule has 1 heterocycles. The molecule has 4 nitrogen and oxygen atoms in total. The van der Waals surface area contributed by atoms with Gasteiger partial charge in [-0.05, 0) is 18.2 Å². The van der Waals surface area contributed by atoms with E-state index in [4.69, 9.17) is 10.5 Å². The Kier molecular flexibility index (Phi) is 3.34. The second-order valence-corrected chi connectivity index (χ2v) is 7.05. The van der Waals surface area contributed by atoms with Crippen molar-refractivity contribution >= 4 is 49.4 Å². The molecule has 0 saturated carbocycles. The average molecular weight is 375 g/mol. The quantitative estimate of drug-likeness (QED) is 0.605. The van der Waals surface area contributed by atoms with Crippen LogP contribution in [0.4, 0.5) is 0 Å². The molecule has 1 aliphatic heterocycles. The zero-order valence-electron chi connectivity index (χ0n) is 10.1. The third-order valence-corrected chi connectivity index (χ3v) is 5.85. The highest BCUT2D eigenvalue weighted by molar-refractivity contribution is 9.10. The first-order valence-corrected chi connectivity index (χ1v) is 8.02. The van der Waals surface area contributed by atoms with Crippen LogP contribution in [0.25, 0.3) is 10.8 Å². The maximum atomic E-state index is 12.5. The monoisotopic (exact) mass is 374 g/mol. The zero-order valence-corrected chi connectivity index (χ0v) is 13.4. The summed E-state index contributed by atoms with van der Waals surface area (Å²) in [5.41, 5.74) is -0.572. The van der Waals surface area contributed by atoms with Crippen molar-refractivity contribution in [2.45, 2.75) is 0 Å². The van der Waals surface area contributed by atoms with Crippen molar-refractivity contribution in [3.8, 4) is 12.1 Å². The van der Waals surface area contributed by atoms with Crippen LogP contribution >= 0.6 is 38.6 Å². The molecular weight excluding hydrogens is 372 g/mol. The predicted octanol–water partition coefficient (Wildman–Crippen LogP) is 2.91. The van der Waals surface area contributed by atoms with Gasteiger partial charge in [0, 0.05) is 15.2 Å². The van der Waals surface area contributed by atoms with Crippen molar-refractivity contribution in [3.05, 3.63) is 61.9 Å². The number of rotatable bonds is 0. The van der Waals surface area contributed by atoms with Gasteiger partial charge < -0.3 is 0 Å². The summed E-state index contributed by atoms with van der Waals surface area (Å²) < 4.78 is 1.16. The largest absolute Gasteiger partial charge is 0.288 e. The zero-order chi connectivity index (χ0) is 15.1. The van der Waals surface area contributed by atoms with Gasteiger partial charge in [-0.3, -0.25) is 9.59 Å². The fourth-order valence-electron chi connectivity index (χ4n) is 1.98. The van der Waals surface area contributed by atoms with Gasteiger partial charge in [0.2, 0.25) is 10.9 Å². The molecule has 100 valence electrons. The molecule has 3 rings (SSSR count). The Morgan fingerprint density at radius 3 is 1.95 bits per heavy atom. The summed E-state index contributed by atoms with van der Waals surface area (Å²) >= 11 is 5.07. The first kappa shape index (κ1) is 13.9. The van der Waals surface area contributed by atoms with E-state index in [1.165, 1.54) is 0 Å². The smallest absolute Gasteiger partial charge is 0.205 e. The Balaban J connectivity index is 2.74. The lowest BCUT2D eigenvalue weighted by atomic mass is 10.1. The van der Waals surface area contributed by atoms with Crippen LogP contribution in [0.5, 0.6) is 0 Å². The molecule has 0 N–H and O–H groups in total. The molecule has 21 heavy (non-hydrogen) atoms. The first-order valence-electron chi connectivity index (χ1n) is 5.60. The number of benzene rings is 1. The molecule has 2 aliphatic rings. The average Bonchev–Trinajstić information content (AvgIpc) is 2.51. The van der Waals surface area contributed by atoms with Crippen molar-refractivity contribution in [3.63, 3.8) is 0 Å². The van der Waals surface area contributed by atoms with Gasteiger partial charge in [-0.25, -0.2) is 0 Å². The Hall–Kier alpha value is -2.06. The lowest BCUT2D eigenvalue weighted by Crippen LogP contribution is -2.13. The third-order valence-electron chi connectivity index (χ3n) is 2.91. The van der Waals surface area contributed by atoms with E-state index < -0.39 is 0 Å². The molecule has 0 amide bonds. The summed E-state index contributed by atoms with van der Waals surface area (Å²) in [5.74, 6) is 0. The number of hydrogen-bond acceptors (Lipinski definition) is 6. The van der Waals surface area contributed by atoms with Crippen molar-refractivity contribution in [1.82, 2.24) is 0 Å². The van der Waals surface area contributed by atoms with Gasteiger partial charge in [-0.2, -0.15) is 10.5 Å². The topological polar surface area (TPSA) is 81.7 Å². The molecule has 7 heteroatoms. The number of hydrogen-bond donors (Lipinski definition) is 0. The number of nitriles is 2. The van der Waals surface area contributed by atoms with E-state index in [0.29, 0.717) is 15.2 Å². The van der Waals surface area contributed by atoms with Gasteiger partial charge in [-0.15, -0.1) is 22.7 Å². The van der Waals surface area contributed by atoms with Crippen LogP contribution in [0.1, 0.15) is 9.75 Å². The molecule has 0 atom stereocenters. The van der Waals surface area contributed by atoms with E-state index >= 15 is 0 Å². The molecule has 0 spiro atoms. The van der Waals surface area contributed by atoms with Crippen molar-refractivity contribution in [1.29, 1.82) is 10.5 Å². The number of halogens is 1. The molecule has 0 bridgehead atoms. The number of fused-ring (bicyclic) bond motifs is 1. The van der Waals surface area contributed by atoms with Crippen LogP contribution in [0.3, 0.4) is 0 Å². The van der Waals surface area contributed by atoms with Gasteiger partial charge in [-0.1, -0.05) is 15.9 Å². The summed E-state index contributed by atoms with van der Waals surface area (Å²) in [7, 11) is 0. The Labute approximate surface area is 133 Å². The van der Waals surface area contributed by atoms with E-state index in [0.717, 1.165) is 22.7 Å². The fourth-order valence-corrected chi connectivity index (χ4v) is 4.40. The molecule has 1 aromatic carbocycles. The van der Waals surface area contributed by atoms with Gasteiger partial charge in [0.05, 0.1) is 9.06 Å². The van der Waals surface area contributed by atoms with Crippen molar-refractivity contribution < 1.29 is 0 Å². The minimum Gasteiger partial charge on any atom is -0.288 e. The van der Waals surface area contributed by atoms with Crippen LogP contribution in [-0.4, -0.2) is 0 Å². The second kappa shape index (κ2) is 5.05. The second-order valence-electron chi connectivity index (χ2n) is 4.09. The molecule has 1 aliphatic carbocycles. The number of nitrogens with zero attached hydrogens (tertiary/aromatic N) is 2. The van der Waals surface area contributed by atoms with Gasteiger partial charge in [0.1, 0.15) is 21.9 Å². The summed E-state index contributed by atoms with van der Waals surface area (Å²) in [5, 5.41) is 18.7. The highest BCUT2D eigenvalue weighted by Gasteiger charge is 2.13. The molecule has 0 radical (unpaired) electrons. The normalized spacial score (nSPS) is 10.4. The van der Waals surface area contributed by atoms with Gasteiger partial charge >= 0.3 is 0 Å². The highest BCUT2D eigenvalue weighted by Crippen LogP contribution is 2.21. The summed E-state index contributed by atoms with van der Waals surface area (Å²) in [6.45, 7) is 0. The molecular formula is C14H3BrN2O2S2. The van der Waals surface area contributed by atoms with E-state index in [1.54, 1.807) is 18.2 Å². The summed E-state index contributed by atoms with van der Waals surface area (Å²) in [6, 6.07) is 8.68. The first-order chi connectivity index (χ1) is 10.1. The lowest BCUT2D eigenvalue weighted by Gasteiger charge is -1.99. The molecule has 0 unspecified atom stereocenters. The van der Waals surface area contributed by atoms with Crippen molar-refractivity contribution in [2.75, 3.05) is 0 Å². The highest BCUT2D eigenvalue weighted by atomic mass is 79.9. The summed E-state index contributed by atoms with van der Waals surface area (Å²) in [6.07, 6.45) is 0. The van der Waals surface area contributed by atoms with Crippen LogP contribution in [0, 0.1) is 31.7 Å². The van der Waals surface area contributed by atoms with E-state index in [9.17, 15) is 9.59 Å². The summed E-state index contributed by atoms with van der Waals surface area (Å²) in [4.78, 5) is 25.3. The van der Waals surface area contributed by atoms with E-state index in [2.05, 4.69) is 15.9 Å². The maximum Gasteiger partial charge on any atom is 0.205 e. The van der Waals surface area contributed by atoms with Crippen LogP contribution in [-0.2, 0) is 0 Å². The Morgan fingerprint density at radius 1 is 0.905 bits per heavy atom. The maximum absolute atomic E-state index is 12.5. The predicted molar refractivity (Wildman–Crippen MR) is 84.7 cm³/mol. The van der Waals surface area contributed by atoms with Crippen molar-refractivity contribution in [2.24, 2.45) is 0 Å². The standard InChI is InChI=1S/C14H3BrN2O2S2/c15-6-1-2-7-8(3-6)12(19)14-13(11(7)18)20-9(4-16)10(5-17)21-14/h1-3H. The lowest BCUT2D eigenvalue weighted by molar-refractivity contribution is 1.48. The van der Waals surface area contributed by atoms with Crippen LogP contribution in [0.2, 0.25) is 0 Å². The molecule has 0 fully saturated rings. The van der Waals surface area contributed by atoms with Crippen LogP contribution in [0.15, 0.2) is 32.3 Å². The van der Waals surface area contributed by atoms with Gasteiger partial charge in [0.25, 0.3) is 0 Å². The van der Waals surface area contributed by atoms with Gasteiger partial charge in [0.15, 0.2) is 0 Å². The Bertz CT molecular complexity index is 1170. The van der Waals surface area contributed by atoms with E-state index in [-0.39, 0.29) is 29.7 Å². The minimum absolute atomic E-state index is 0.154. The Morgan fingerprint density at radius 2 is 1.43 bits per heavy atom.